The highest BCUT2D eigenvalue weighted by atomic mass is 32.2. The van der Waals surface area contributed by atoms with Crippen molar-refractivity contribution in [2.24, 2.45) is 18.7 Å². The van der Waals surface area contributed by atoms with Crippen LogP contribution in [0.5, 0.6) is 0 Å². The lowest BCUT2D eigenvalue weighted by atomic mass is 9.97. The molecule has 0 spiro atoms. The first-order chi connectivity index (χ1) is 8.06. The molecule has 0 bridgehead atoms. The summed E-state index contributed by atoms with van der Waals surface area (Å²) in [7, 11) is 3.25. The van der Waals surface area contributed by atoms with Gasteiger partial charge >= 0.3 is 5.97 Å². The summed E-state index contributed by atoms with van der Waals surface area (Å²) < 4.78 is 6.54. The molecule has 0 radical (unpaired) electrons. The number of aryl methyl sites for hydroxylation is 1. The Hall–Kier alpha value is -1.01. The maximum Gasteiger partial charge on any atom is 0.327 e. The first kappa shape index (κ1) is 12.4. The molecule has 1 saturated carbocycles. The van der Waals surface area contributed by atoms with Crippen LogP contribution in [0.1, 0.15) is 12.8 Å². The van der Waals surface area contributed by atoms with E-state index in [1.807, 2.05) is 13.2 Å². The van der Waals surface area contributed by atoms with Crippen molar-refractivity contribution < 1.29 is 9.53 Å². The summed E-state index contributed by atoms with van der Waals surface area (Å²) in [6.45, 7) is 0. The molecule has 0 saturated heterocycles. The van der Waals surface area contributed by atoms with Gasteiger partial charge in [-0.15, -0.1) is 11.8 Å². The Morgan fingerprint density at radius 2 is 2.47 bits per heavy atom. The van der Waals surface area contributed by atoms with Gasteiger partial charge < -0.3 is 10.5 Å². The minimum atomic E-state index is -0.852. The third-order valence-corrected chi connectivity index (χ3v) is 4.20. The van der Waals surface area contributed by atoms with Gasteiger partial charge in [0, 0.05) is 23.9 Å². The van der Waals surface area contributed by atoms with Crippen LogP contribution in [0, 0.1) is 5.92 Å². The van der Waals surface area contributed by atoms with Crippen LogP contribution in [0.4, 0.5) is 0 Å². The molecule has 1 atom stereocenters. The molecule has 2 N–H and O–H groups in total. The summed E-state index contributed by atoms with van der Waals surface area (Å²) in [4.78, 5) is 12.8. The largest absolute Gasteiger partial charge is 0.468 e. The van der Waals surface area contributed by atoms with Crippen LogP contribution in [0.3, 0.4) is 0 Å². The Labute approximate surface area is 105 Å². The van der Waals surface area contributed by atoms with Gasteiger partial charge in [0.25, 0.3) is 0 Å². The lowest BCUT2D eigenvalue weighted by molar-refractivity contribution is -0.146. The number of ether oxygens (including phenoxy) is 1. The number of methoxy groups -OCH3 is 1. The summed E-state index contributed by atoms with van der Waals surface area (Å²) >= 11 is 1.55. The molecule has 6 heteroatoms. The highest BCUT2D eigenvalue weighted by Gasteiger charge is 2.48. The zero-order chi connectivity index (χ0) is 12.5. The predicted molar refractivity (Wildman–Crippen MR) is 65.6 cm³/mol. The van der Waals surface area contributed by atoms with Gasteiger partial charge in [0.15, 0.2) is 0 Å². The second kappa shape index (κ2) is 4.70. The monoisotopic (exact) mass is 255 g/mol. The fraction of sp³-hybridized carbons (Fsp3) is 0.636. The SMILES string of the molecule is COC(=O)C(N)(CSc1cnn(C)c1)C1CC1. The molecule has 2 rings (SSSR count). The second-order valence-electron chi connectivity index (χ2n) is 4.44. The Bertz CT molecular complexity index is 417. The third-order valence-electron chi connectivity index (χ3n) is 3.03. The minimum absolute atomic E-state index is 0.263. The average molecular weight is 255 g/mol. The lowest BCUT2D eigenvalue weighted by Crippen LogP contribution is -2.53. The Morgan fingerprint density at radius 3 is 2.94 bits per heavy atom. The van der Waals surface area contributed by atoms with Gasteiger partial charge in [-0.05, 0) is 18.8 Å². The number of aromatic nitrogens is 2. The molecule has 0 aromatic carbocycles. The van der Waals surface area contributed by atoms with Crippen molar-refractivity contribution >= 4 is 17.7 Å². The highest BCUT2D eigenvalue weighted by Crippen LogP contribution is 2.41. The van der Waals surface area contributed by atoms with E-state index in [1.54, 1.807) is 22.6 Å². The van der Waals surface area contributed by atoms with Gasteiger partial charge in [0.1, 0.15) is 5.54 Å². The molecule has 1 aliphatic carbocycles. The quantitative estimate of drug-likeness (QED) is 0.622. The van der Waals surface area contributed by atoms with Gasteiger partial charge in [-0.2, -0.15) is 5.10 Å². The number of rotatable bonds is 5. The summed E-state index contributed by atoms with van der Waals surface area (Å²) in [6.07, 6.45) is 5.71. The van der Waals surface area contributed by atoms with Gasteiger partial charge in [0.05, 0.1) is 13.3 Å². The van der Waals surface area contributed by atoms with Crippen molar-refractivity contribution in [1.82, 2.24) is 9.78 Å². The molecule has 1 unspecified atom stereocenters. The third kappa shape index (κ3) is 2.63. The number of carbonyl (C=O) groups excluding carboxylic acids is 1. The maximum absolute atomic E-state index is 11.8. The van der Waals surface area contributed by atoms with Crippen LogP contribution in [0.2, 0.25) is 0 Å². The van der Waals surface area contributed by atoms with E-state index < -0.39 is 5.54 Å². The Kier molecular flexibility index (Phi) is 3.44. The van der Waals surface area contributed by atoms with Crippen molar-refractivity contribution in [3.63, 3.8) is 0 Å². The van der Waals surface area contributed by atoms with Crippen molar-refractivity contribution in [1.29, 1.82) is 0 Å². The Morgan fingerprint density at radius 1 is 1.76 bits per heavy atom. The molecule has 1 aromatic rings. The number of esters is 1. The van der Waals surface area contributed by atoms with Crippen LogP contribution < -0.4 is 5.73 Å². The summed E-state index contributed by atoms with van der Waals surface area (Å²) in [5.74, 6) is 0.492. The average Bonchev–Trinajstić information content (AvgIpc) is 3.09. The first-order valence-corrected chi connectivity index (χ1v) is 6.53. The second-order valence-corrected chi connectivity index (χ2v) is 5.49. The Balaban J connectivity index is 2.01. The number of nitrogens with zero attached hydrogens (tertiary/aromatic N) is 2. The molecule has 17 heavy (non-hydrogen) atoms. The molecular weight excluding hydrogens is 238 g/mol. The van der Waals surface area contributed by atoms with Gasteiger partial charge in [-0.3, -0.25) is 9.48 Å². The van der Waals surface area contributed by atoms with E-state index in [-0.39, 0.29) is 11.9 Å². The van der Waals surface area contributed by atoms with Crippen LogP contribution in [-0.2, 0) is 16.6 Å². The van der Waals surface area contributed by atoms with Crippen LogP contribution >= 0.6 is 11.8 Å². The van der Waals surface area contributed by atoms with E-state index >= 15 is 0 Å². The zero-order valence-corrected chi connectivity index (χ0v) is 10.9. The molecule has 5 nitrogen and oxygen atoms in total. The molecule has 1 aliphatic rings. The zero-order valence-electron chi connectivity index (χ0n) is 10.0. The van der Waals surface area contributed by atoms with Crippen LogP contribution in [0.15, 0.2) is 17.3 Å². The number of carbonyl (C=O) groups is 1. The predicted octanol–water partition coefficient (Wildman–Crippen LogP) is 0.793. The summed E-state index contributed by atoms with van der Waals surface area (Å²) in [5.41, 5.74) is 5.34. The molecule has 0 aliphatic heterocycles. The van der Waals surface area contributed by atoms with Gasteiger partial charge in [-0.1, -0.05) is 0 Å². The van der Waals surface area contributed by atoms with Crippen molar-refractivity contribution in [2.75, 3.05) is 12.9 Å². The number of hydrogen-bond acceptors (Lipinski definition) is 5. The molecule has 1 aromatic heterocycles. The standard InChI is InChI=1S/C11H17N3O2S/c1-14-6-9(5-13-14)17-7-11(12,8-3-4-8)10(15)16-2/h5-6,8H,3-4,7,12H2,1-2H3. The summed E-state index contributed by atoms with van der Waals surface area (Å²) in [6, 6.07) is 0. The topological polar surface area (TPSA) is 70.1 Å². The van der Waals surface area contributed by atoms with Crippen LogP contribution in [-0.4, -0.2) is 34.2 Å². The van der Waals surface area contributed by atoms with Crippen molar-refractivity contribution in [2.45, 2.75) is 23.3 Å². The number of hydrogen-bond donors (Lipinski definition) is 1. The summed E-state index contributed by atoms with van der Waals surface area (Å²) in [5, 5.41) is 4.08. The van der Waals surface area contributed by atoms with Crippen molar-refractivity contribution in [3.05, 3.63) is 12.4 Å². The van der Waals surface area contributed by atoms with E-state index in [4.69, 9.17) is 10.5 Å². The highest BCUT2D eigenvalue weighted by molar-refractivity contribution is 7.99. The van der Waals surface area contributed by atoms with E-state index in [0.29, 0.717) is 5.75 Å². The van der Waals surface area contributed by atoms with Gasteiger partial charge in [0.2, 0.25) is 0 Å². The van der Waals surface area contributed by atoms with E-state index in [0.717, 1.165) is 17.7 Å². The number of nitrogens with two attached hydrogens (primary N) is 1. The van der Waals surface area contributed by atoms with Gasteiger partial charge in [-0.25, -0.2) is 0 Å². The minimum Gasteiger partial charge on any atom is -0.468 e. The molecule has 1 heterocycles. The van der Waals surface area contributed by atoms with E-state index in [9.17, 15) is 4.79 Å². The first-order valence-electron chi connectivity index (χ1n) is 5.55. The fourth-order valence-electron chi connectivity index (χ4n) is 1.81. The van der Waals surface area contributed by atoms with E-state index in [1.165, 1.54) is 7.11 Å². The van der Waals surface area contributed by atoms with Crippen molar-refractivity contribution in [3.8, 4) is 0 Å². The normalized spacial score (nSPS) is 18.8. The molecular formula is C11H17N3O2S. The lowest BCUT2D eigenvalue weighted by Gasteiger charge is -2.25. The maximum atomic E-state index is 11.8. The fourth-order valence-corrected chi connectivity index (χ4v) is 2.92. The smallest absolute Gasteiger partial charge is 0.327 e. The number of thioether (sulfide) groups is 1. The van der Waals surface area contributed by atoms with Crippen LogP contribution in [0.25, 0.3) is 0 Å². The molecule has 0 amide bonds. The molecule has 94 valence electrons. The van der Waals surface area contributed by atoms with E-state index in [2.05, 4.69) is 5.10 Å². The molecule has 1 fully saturated rings.